The van der Waals surface area contributed by atoms with E-state index in [1.165, 1.54) is 24.6 Å². The molecular weight excluding hydrogens is 312 g/mol. The average Bonchev–Trinajstić information content (AvgIpc) is 2.52. The molecule has 1 aliphatic rings. The molecule has 7 nitrogen and oxygen atoms in total. The lowest BCUT2D eigenvalue weighted by atomic mass is 10.1. The third-order valence-electron chi connectivity index (χ3n) is 4.18. The fourth-order valence-electron chi connectivity index (χ4n) is 2.73. The van der Waals surface area contributed by atoms with Crippen LogP contribution in [0.1, 0.15) is 48.0 Å². The Morgan fingerprint density at radius 3 is 2.42 bits per heavy atom. The van der Waals surface area contributed by atoms with Crippen LogP contribution < -0.4 is 0 Å². The Morgan fingerprint density at radius 2 is 1.79 bits per heavy atom. The van der Waals surface area contributed by atoms with Crippen molar-refractivity contribution in [2.75, 3.05) is 19.7 Å². The maximum absolute atomic E-state index is 12.2. The highest BCUT2D eigenvalue weighted by Gasteiger charge is 2.19. The van der Waals surface area contributed by atoms with E-state index >= 15 is 0 Å². The van der Waals surface area contributed by atoms with Crippen LogP contribution in [0.2, 0.25) is 0 Å². The molecule has 0 aromatic heterocycles. The molecule has 0 spiro atoms. The number of likely N-dealkylation sites (tertiary alicyclic amines) is 1. The van der Waals surface area contributed by atoms with Gasteiger partial charge in [0, 0.05) is 24.7 Å². The number of carbonyl (C=O) groups is 2. The molecule has 1 aliphatic heterocycles. The first kappa shape index (κ1) is 17.9. The number of esters is 1. The van der Waals surface area contributed by atoms with E-state index in [1.807, 2.05) is 0 Å². The maximum Gasteiger partial charge on any atom is 0.338 e. The zero-order valence-corrected chi connectivity index (χ0v) is 13.8. The smallest absolute Gasteiger partial charge is 0.338 e. The third-order valence-corrected chi connectivity index (χ3v) is 4.18. The van der Waals surface area contributed by atoms with Gasteiger partial charge >= 0.3 is 5.97 Å². The van der Waals surface area contributed by atoms with E-state index in [2.05, 4.69) is 0 Å². The van der Waals surface area contributed by atoms with E-state index in [0.29, 0.717) is 18.7 Å². The van der Waals surface area contributed by atoms with Crippen LogP contribution in [0.4, 0.5) is 5.69 Å². The number of hydrogen-bond donors (Lipinski definition) is 0. The molecule has 0 aliphatic carbocycles. The van der Waals surface area contributed by atoms with Crippen molar-refractivity contribution >= 4 is 17.6 Å². The largest absolute Gasteiger partial charge is 0.452 e. The number of rotatable bonds is 4. The fourth-order valence-corrected chi connectivity index (χ4v) is 2.73. The van der Waals surface area contributed by atoms with Gasteiger partial charge < -0.3 is 9.64 Å². The van der Waals surface area contributed by atoms with Crippen molar-refractivity contribution in [1.82, 2.24) is 4.90 Å². The quantitative estimate of drug-likeness (QED) is 0.480. The summed E-state index contributed by atoms with van der Waals surface area (Å²) in [5, 5.41) is 10.9. The number of carbonyl (C=O) groups excluding carboxylic acids is 2. The van der Waals surface area contributed by atoms with Gasteiger partial charge in [-0.2, -0.15) is 0 Å². The highest BCUT2D eigenvalue weighted by atomic mass is 16.6. The third kappa shape index (κ3) is 4.78. The lowest BCUT2D eigenvalue weighted by molar-refractivity contribution is -0.385. The number of aryl methyl sites for hydroxylation is 1. The molecule has 24 heavy (non-hydrogen) atoms. The second-order valence-corrected chi connectivity index (χ2v) is 5.98. The molecule has 1 aromatic carbocycles. The summed E-state index contributed by atoms with van der Waals surface area (Å²) in [5.74, 6) is -0.939. The zero-order valence-electron chi connectivity index (χ0n) is 13.8. The molecular formula is C17H22N2O5. The van der Waals surface area contributed by atoms with Gasteiger partial charge in [-0.3, -0.25) is 14.9 Å². The fraction of sp³-hybridized carbons (Fsp3) is 0.529. The van der Waals surface area contributed by atoms with Gasteiger partial charge in [-0.1, -0.05) is 25.3 Å². The summed E-state index contributed by atoms with van der Waals surface area (Å²) in [7, 11) is 0. The Bertz CT molecular complexity index is 621. The molecule has 7 heteroatoms. The molecule has 130 valence electrons. The summed E-state index contributed by atoms with van der Waals surface area (Å²) >= 11 is 0. The SMILES string of the molecule is Cc1ccc(C(=O)OCC(=O)N2CCCCCCC2)cc1[N+](=O)[O-]. The minimum absolute atomic E-state index is 0.0766. The minimum atomic E-state index is -0.724. The topological polar surface area (TPSA) is 89.8 Å². The molecule has 0 atom stereocenters. The summed E-state index contributed by atoms with van der Waals surface area (Å²) in [6.07, 6.45) is 5.34. The van der Waals surface area contributed by atoms with E-state index < -0.39 is 10.9 Å². The summed E-state index contributed by atoms with van der Waals surface area (Å²) in [6.45, 7) is 2.64. The molecule has 1 fully saturated rings. The van der Waals surface area contributed by atoms with Crippen LogP contribution in [0.3, 0.4) is 0 Å². The standard InChI is InChI=1S/C17H22N2O5/c1-13-7-8-14(11-15(13)19(22)23)17(21)24-12-16(20)18-9-5-3-2-4-6-10-18/h7-8,11H,2-6,9-10,12H2,1H3. The van der Waals surface area contributed by atoms with Crippen LogP contribution in [0, 0.1) is 17.0 Å². The summed E-state index contributed by atoms with van der Waals surface area (Å²) in [4.78, 5) is 36.3. The minimum Gasteiger partial charge on any atom is -0.452 e. The van der Waals surface area contributed by atoms with Crippen LogP contribution in [-0.4, -0.2) is 41.4 Å². The molecule has 0 unspecified atom stereocenters. The molecule has 1 aromatic rings. The number of nitro benzene ring substituents is 1. The number of amides is 1. The Hall–Kier alpha value is -2.44. The van der Waals surface area contributed by atoms with Crippen LogP contribution in [-0.2, 0) is 9.53 Å². The van der Waals surface area contributed by atoms with Gasteiger partial charge in [0.25, 0.3) is 11.6 Å². The predicted molar refractivity (Wildman–Crippen MR) is 87.8 cm³/mol. The lowest BCUT2D eigenvalue weighted by Gasteiger charge is -2.24. The van der Waals surface area contributed by atoms with Crippen molar-refractivity contribution < 1.29 is 19.2 Å². The number of nitro groups is 1. The van der Waals surface area contributed by atoms with Crippen LogP contribution in [0.15, 0.2) is 18.2 Å². The average molecular weight is 334 g/mol. The van der Waals surface area contributed by atoms with Gasteiger partial charge in [0.05, 0.1) is 10.5 Å². The summed E-state index contributed by atoms with van der Waals surface area (Å²) in [6, 6.07) is 4.14. The van der Waals surface area contributed by atoms with Crippen molar-refractivity contribution in [2.45, 2.75) is 39.0 Å². The summed E-state index contributed by atoms with van der Waals surface area (Å²) in [5.41, 5.74) is 0.403. The maximum atomic E-state index is 12.2. The zero-order chi connectivity index (χ0) is 17.5. The van der Waals surface area contributed by atoms with Crippen molar-refractivity contribution in [3.63, 3.8) is 0 Å². The van der Waals surface area contributed by atoms with Gasteiger partial charge in [-0.25, -0.2) is 4.79 Å². The predicted octanol–water partition coefficient (Wildman–Crippen LogP) is 2.85. The molecule has 1 saturated heterocycles. The first-order valence-corrected chi connectivity index (χ1v) is 8.19. The van der Waals surface area contributed by atoms with E-state index in [0.717, 1.165) is 25.7 Å². The highest BCUT2D eigenvalue weighted by molar-refractivity contribution is 5.92. The van der Waals surface area contributed by atoms with Crippen LogP contribution >= 0.6 is 0 Å². The van der Waals surface area contributed by atoms with Crippen LogP contribution in [0.5, 0.6) is 0 Å². The van der Waals surface area contributed by atoms with Crippen molar-refractivity contribution in [2.24, 2.45) is 0 Å². The van der Waals surface area contributed by atoms with Crippen LogP contribution in [0.25, 0.3) is 0 Å². The van der Waals surface area contributed by atoms with E-state index in [-0.39, 0.29) is 23.8 Å². The van der Waals surface area contributed by atoms with Gasteiger partial charge in [0.15, 0.2) is 6.61 Å². The van der Waals surface area contributed by atoms with E-state index in [1.54, 1.807) is 11.8 Å². The molecule has 1 amide bonds. The second-order valence-electron chi connectivity index (χ2n) is 5.98. The summed E-state index contributed by atoms with van der Waals surface area (Å²) < 4.78 is 5.04. The molecule has 0 radical (unpaired) electrons. The number of hydrogen-bond acceptors (Lipinski definition) is 5. The Balaban J connectivity index is 1.93. The monoisotopic (exact) mass is 334 g/mol. The molecule has 0 N–H and O–H groups in total. The van der Waals surface area contributed by atoms with Gasteiger partial charge in [0.2, 0.25) is 0 Å². The molecule has 1 heterocycles. The number of nitrogens with zero attached hydrogens (tertiary/aromatic N) is 2. The van der Waals surface area contributed by atoms with Gasteiger partial charge in [-0.05, 0) is 25.8 Å². The Kier molecular flexibility index (Phi) is 6.28. The van der Waals surface area contributed by atoms with Crippen molar-refractivity contribution in [3.05, 3.63) is 39.4 Å². The van der Waals surface area contributed by atoms with Crippen molar-refractivity contribution in [3.8, 4) is 0 Å². The molecule has 0 bridgehead atoms. The first-order chi connectivity index (χ1) is 11.5. The molecule has 0 saturated carbocycles. The second kappa shape index (κ2) is 8.42. The van der Waals surface area contributed by atoms with Gasteiger partial charge in [-0.15, -0.1) is 0 Å². The van der Waals surface area contributed by atoms with E-state index in [4.69, 9.17) is 4.74 Å². The van der Waals surface area contributed by atoms with Gasteiger partial charge in [0.1, 0.15) is 0 Å². The van der Waals surface area contributed by atoms with Crippen molar-refractivity contribution in [1.29, 1.82) is 0 Å². The highest BCUT2D eigenvalue weighted by Crippen LogP contribution is 2.19. The Labute approximate surface area is 140 Å². The Morgan fingerprint density at radius 1 is 1.17 bits per heavy atom. The van der Waals surface area contributed by atoms with E-state index in [9.17, 15) is 19.7 Å². The normalized spacial score (nSPS) is 15.3. The number of benzene rings is 1. The first-order valence-electron chi connectivity index (χ1n) is 8.19. The number of ether oxygens (including phenoxy) is 1. The molecule has 2 rings (SSSR count). The lowest BCUT2D eigenvalue weighted by Crippen LogP contribution is -2.36.